The van der Waals surface area contributed by atoms with Crippen molar-refractivity contribution in [2.45, 2.75) is 33.4 Å². The van der Waals surface area contributed by atoms with Crippen molar-refractivity contribution in [3.8, 4) is 0 Å². The smallest absolute Gasteiger partial charge is 0.234 e. The van der Waals surface area contributed by atoms with Crippen LogP contribution in [0.15, 0.2) is 30.3 Å². The van der Waals surface area contributed by atoms with Gasteiger partial charge in [0.2, 0.25) is 5.91 Å². The van der Waals surface area contributed by atoms with Crippen LogP contribution in [0.5, 0.6) is 0 Å². The minimum atomic E-state index is 0.108. The highest BCUT2D eigenvalue weighted by molar-refractivity contribution is 6.30. The van der Waals surface area contributed by atoms with E-state index in [0.717, 1.165) is 56.4 Å². The first-order valence-corrected chi connectivity index (χ1v) is 10.3. The van der Waals surface area contributed by atoms with Gasteiger partial charge in [-0.3, -0.25) is 19.3 Å². The highest BCUT2D eigenvalue weighted by atomic mass is 35.5. The fourth-order valence-electron chi connectivity index (χ4n) is 3.62. The predicted molar refractivity (Wildman–Crippen MR) is 112 cm³/mol. The van der Waals surface area contributed by atoms with Crippen LogP contribution >= 0.6 is 11.6 Å². The molecule has 0 bridgehead atoms. The van der Waals surface area contributed by atoms with Crippen LogP contribution in [0.1, 0.15) is 23.4 Å². The van der Waals surface area contributed by atoms with Crippen LogP contribution in [0.3, 0.4) is 0 Å². The number of aryl methyl sites for hydroxylation is 3. The van der Waals surface area contributed by atoms with Gasteiger partial charge in [0.25, 0.3) is 0 Å². The van der Waals surface area contributed by atoms with Gasteiger partial charge in [-0.05, 0) is 44.0 Å². The Labute approximate surface area is 172 Å². The van der Waals surface area contributed by atoms with Gasteiger partial charge in [-0.25, -0.2) is 0 Å². The lowest BCUT2D eigenvalue weighted by atomic mass is 10.2. The van der Waals surface area contributed by atoms with E-state index in [1.807, 2.05) is 29.8 Å². The van der Waals surface area contributed by atoms with Gasteiger partial charge in [0, 0.05) is 56.5 Å². The van der Waals surface area contributed by atoms with Crippen molar-refractivity contribution in [2.75, 3.05) is 39.3 Å². The number of aromatic nitrogens is 2. The summed E-state index contributed by atoms with van der Waals surface area (Å²) in [6, 6.07) is 10.1. The first kappa shape index (κ1) is 20.8. The summed E-state index contributed by atoms with van der Waals surface area (Å²) in [4.78, 5) is 16.8. The van der Waals surface area contributed by atoms with E-state index in [1.165, 1.54) is 11.3 Å². The standard InChI is InChI=1S/C21H30ClN5O/c1-17-13-18(2)27(24-17)8-4-7-23-21(28)16-26-11-9-25(10-12-26)15-19-5-3-6-20(22)14-19/h3,5-6,13-14H,4,7-12,15-16H2,1-2H3,(H,23,28). The lowest BCUT2D eigenvalue weighted by Crippen LogP contribution is -2.49. The minimum absolute atomic E-state index is 0.108. The van der Waals surface area contributed by atoms with E-state index < -0.39 is 0 Å². The van der Waals surface area contributed by atoms with Gasteiger partial charge in [-0.15, -0.1) is 0 Å². The molecular weight excluding hydrogens is 374 g/mol. The van der Waals surface area contributed by atoms with Gasteiger partial charge >= 0.3 is 0 Å². The molecule has 0 unspecified atom stereocenters. The second-order valence-corrected chi connectivity index (χ2v) is 7.97. The Morgan fingerprint density at radius 3 is 2.57 bits per heavy atom. The van der Waals surface area contributed by atoms with E-state index in [2.05, 4.69) is 39.3 Å². The normalized spacial score (nSPS) is 15.7. The average Bonchev–Trinajstić information content (AvgIpc) is 2.98. The maximum Gasteiger partial charge on any atom is 0.234 e. The molecule has 152 valence electrons. The second kappa shape index (κ2) is 10.0. The zero-order valence-electron chi connectivity index (χ0n) is 16.8. The van der Waals surface area contributed by atoms with Crippen molar-refractivity contribution in [1.29, 1.82) is 0 Å². The van der Waals surface area contributed by atoms with Gasteiger partial charge < -0.3 is 5.32 Å². The molecule has 1 aliphatic heterocycles. The van der Waals surface area contributed by atoms with Crippen molar-refractivity contribution in [1.82, 2.24) is 24.9 Å². The maximum atomic E-state index is 12.2. The Hall–Kier alpha value is -1.89. The van der Waals surface area contributed by atoms with Crippen LogP contribution in [0, 0.1) is 13.8 Å². The zero-order chi connectivity index (χ0) is 19.9. The fraction of sp³-hybridized carbons (Fsp3) is 0.524. The molecule has 1 aliphatic rings. The van der Waals surface area contributed by atoms with Gasteiger partial charge in [-0.2, -0.15) is 5.10 Å². The topological polar surface area (TPSA) is 53.4 Å². The predicted octanol–water partition coefficient (Wildman–Crippen LogP) is 2.48. The fourth-order valence-corrected chi connectivity index (χ4v) is 3.83. The van der Waals surface area contributed by atoms with Crippen LogP contribution in [0.4, 0.5) is 0 Å². The number of nitrogens with zero attached hydrogens (tertiary/aromatic N) is 4. The molecule has 6 nitrogen and oxygen atoms in total. The third-order valence-electron chi connectivity index (χ3n) is 5.10. The van der Waals surface area contributed by atoms with E-state index >= 15 is 0 Å². The Bertz CT molecular complexity index is 783. The van der Waals surface area contributed by atoms with Crippen molar-refractivity contribution >= 4 is 17.5 Å². The molecule has 7 heteroatoms. The lowest BCUT2D eigenvalue weighted by Gasteiger charge is -2.34. The largest absolute Gasteiger partial charge is 0.355 e. The SMILES string of the molecule is Cc1cc(C)n(CCCNC(=O)CN2CCN(Cc3cccc(Cl)c3)CC2)n1. The summed E-state index contributed by atoms with van der Waals surface area (Å²) in [5.74, 6) is 0.108. The van der Waals surface area contributed by atoms with Gasteiger partial charge in [0.15, 0.2) is 0 Å². The Morgan fingerprint density at radius 1 is 1.14 bits per heavy atom. The first-order valence-electron chi connectivity index (χ1n) is 9.96. The van der Waals surface area contributed by atoms with Gasteiger partial charge in [-0.1, -0.05) is 23.7 Å². The van der Waals surface area contributed by atoms with Crippen molar-refractivity contribution in [3.63, 3.8) is 0 Å². The average molecular weight is 404 g/mol. The third-order valence-corrected chi connectivity index (χ3v) is 5.33. The summed E-state index contributed by atoms with van der Waals surface area (Å²) in [6.07, 6.45) is 0.890. The molecule has 1 fully saturated rings. The molecule has 1 N–H and O–H groups in total. The van der Waals surface area contributed by atoms with E-state index in [4.69, 9.17) is 11.6 Å². The summed E-state index contributed by atoms with van der Waals surface area (Å²) in [5.41, 5.74) is 3.44. The number of carbonyl (C=O) groups excluding carboxylic acids is 1. The number of nitrogens with one attached hydrogen (secondary N) is 1. The number of rotatable bonds is 8. The number of hydrogen-bond acceptors (Lipinski definition) is 4. The van der Waals surface area contributed by atoms with E-state index in [9.17, 15) is 4.79 Å². The maximum absolute atomic E-state index is 12.2. The highest BCUT2D eigenvalue weighted by Crippen LogP contribution is 2.14. The van der Waals surface area contributed by atoms with E-state index in [0.29, 0.717) is 13.1 Å². The molecule has 1 amide bonds. The number of piperazine rings is 1. The minimum Gasteiger partial charge on any atom is -0.355 e. The third kappa shape index (κ3) is 6.33. The van der Waals surface area contributed by atoms with Crippen LogP contribution in [-0.4, -0.2) is 64.8 Å². The van der Waals surface area contributed by atoms with Crippen LogP contribution < -0.4 is 5.32 Å². The number of amides is 1. The molecule has 0 radical (unpaired) electrons. The first-order chi connectivity index (χ1) is 13.5. The molecule has 0 aliphatic carbocycles. The molecular formula is C21H30ClN5O. The summed E-state index contributed by atoms with van der Waals surface area (Å²) < 4.78 is 2.00. The number of halogens is 1. The Morgan fingerprint density at radius 2 is 1.89 bits per heavy atom. The van der Waals surface area contributed by atoms with Crippen LogP contribution in [-0.2, 0) is 17.9 Å². The molecule has 1 saturated heterocycles. The highest BCUT2D eigenvalue weighted by Gasteiger charge is 2.19. The summed E-state index contributed by atoms with van der Waals surface area (Å²) in [5, 5.41) is 8.26. The van der Waals surface area contributed by atoms with Gasteiger partial charge in [0.05, 0.1) is 12.2 Å². The van der Waals surface area contributed by atoms with E-state index in [1.54, 1.807) is 0 Å². The van der Waals surface area contributed by atoms with Crippen LogP contribution in [0.2, 0.25) is 5.02 Å². The number of benzene rings is 1. The number of carbonyl (C=O) groups is 1. The van der Waals surface area contributed by atoms with Crippen molar-refractivity contribution in [3.05, 3.63) is 52.3 Å². The Balaban J connectivity index is 1.31. The molecule has 2 aromatic rings. The van der Waals surface area contributed by atoms with Crippen molar-refractivity contribution in [2.24, 2.45) is 0 Å². The Kier molecular flexibility index (Phi) is 7.48. The molecule has 28 heavy (non-hydrogen) atoms. The summed E-state index contributed by atoms with van der Waals surface area (Å²) in [6.45, 7) is 10.7. The summed E-state index contributed by atoms with van der Waals surface area (Å²) >= 11 is 6.06. The molecule has 0 atom stereocenters. The lowest BCUT2D eigenvalue weighted by molar-refractivity contribution is -0.122. The van der Waals surface area contributed by atoms with Crippen LogP contribution in [0.25, 0.3) is 0 Å². The molecule has 1 aromatic carbocycles. The molecule has 1 aromatic heterocycles. The zero-order valence-corrected chi connectivity index (χ0v) is 17.6. The van der Waals surface area contributed by atoms with E-state index in [-0.39, 0.29) is 5.91 Å². The molecule has 0 spiro atoms. The monoisotopic (exact) mass is 403 g/mol. The van der Waals surface area contributed by atoms with Crippen molar-refractivity contribution < 1.29 is 4.79 Å². The second-order valence-electron chi connectivity index (χ2n) is 7.54. The molecule has 0 saturated carbocycles. The molecule has 2 heterocycles. The summed E-state index contributed by atoms with van der Waals surface area (Å²) in [7, 11) is 0. The molecule has 3 rings (SSSR count). The van der Waals surface area contributed by atoms with Gasteiger partial charge in [0.1, 0.15) is 0 Å². The number of hydrogen-bond donors (Lipinski definition) is 1. The quantitative estimate of drug-likeness (QED) is 0.688.